The van der Waals surface area contributed by atoms with Crippen LogP contribution in [0, 0.1) is 0 Å². The lowest BCUT2D eigenvalue weighted by Crippen LogP contribution is -2.05. The van der Waals surface area contributed by atoms with Crippen LogP contribution in [-0.4, -0.2) is 12.4 Å². The molecule has 5 heteroatoms. The summed E-state index contributed by atoms with van der Waals surface area (Å²) in [6, 6.07) is 8.93. The van der Waals surface area contributed by atoms with Gasteiger partial charge < -0.3 is 10.5 Å². The minimum absolute atomic E-state index is 0.00676. The van der Waals surface area contributed by atoms with E-state index in [-0.39, 0.29) is 12.2 Å². The number of rotatable bonds is 3. The monoisotopic (exact) mass is 365 g/mol. The molecule has 1 aliphatic rings. The average molecular weight is 367 g/mol. The molecule has 0 unspecified atom stereocenters. The third kappa shape index (κ3) is 2.92. The number of carbonyl (C=O) groups is 1. The highest BCUT2D eigenvalue weighted by Crippen LogP contribution is 2.34. The van der Waals surface area contributed by atoms with Crippen molar-refractivity contribution in [2.24, 2.45) is 0 Å². The predicted molar refractivity (Wildman–Crippen MR) is 87.2 cm³/mol. The molecule has 3 nitrogen and oxygen atoms in total. The Kier molecular flexibility index (Phi) is 3.91. The molecule has 1 heterocycles. The van der Waals surface area contributed by atoms with Gasteiger partial charge in [0.25, 0.3) is 0 Å². The zero-order chi connectivity index (χ0) is 15.0. The largest absolute Gasteiger partial charge is 0.493 e. The van der Waals surface area contributed by atoms with Gasteiger partial charge in [-0.2, -0.15) is 0 Å². The molecule has 0 aliphatic carbocycles. The van der Waals surface area contributed by atoms with Crippen molar-refractivity contribution in [3.05, 3.63) is 56.5 Å². The number of Topliss-reactive ketones (excluding diaryl/α,β-unsaturated/α-hetero) is 1. The molecular formula is C16H13BrClNO2. The summed E-state index contributed by atoms with van der Waals surface area (Å²) < 4.78 is 6.61. The van der Waals surface area contributed by atoms with Crippen LogP contribution in [0.1, 0.15) is 21.5 Å². The molecule has 0 spiro atoms. The standard InChI is InChI=1S/C16H13BrClNO2/c17-12-5-10-3-4-21-16(10)11(6-12)8-15(20)9-1-2-14(19)13(18)7-9/h1-2,5-7H,3-4,8,19H2. The number of fused-ring (bicyclic) bond motifs is 1. The molecule has 108 valence electrons. The molecule has 0 amide bonds. The van der Waals surface area contributed by atoms with E-state index >= 15 is 0 Å². The van der Waals surface area contributed by atoms with Crippen molar-refractivity contribution < 1.29 is 9.53 Å². The topological polar surface area (TPSA) is 52.3 Å². The van der Waals surface area contributed by atoms with Crippen molar-refractivity contribution in [3.8, 4) is 5.75 Å². The van der Waals surface area contributed by atoms with Crippen LogP contribution in [0.25, 0.3) is 0 Å². The number of ether oxygens (including phenoxy) is 1. The third-order valence-corrected chi connectivity index (χ3v) is 4.28. The van der Waals surface area contributed by atoms with Crippen molar-refractivity contribution in [1.29, 1.82) is 0 Å². The van der Waals surface area contributed by atoms with Crippen molar-refractivity contribution in [1.82, 2.24) is 0 Å². The molecule has 1 aliphatic heterocycles. The first-order valence-corrected chi connectivity index (χ1v) is 7.74. The second-order valence-corrected chi connectivity index (χ2v) is 6.31. The summed E-state index contributed by atoms with van der Waals surface area (Å²) in [4.78, 5) is 12.4. The van der Waals surface area contributed by atoms with E-state index in [0.717, 1.165) is 27.8 Å². The number of ketones is 1. The van der Waals surface area contributed by atoms with Gasteiger partial charge in [0, 0.05) is 28.4 Å². The van der Waals surface area contributed by atoms with Gasteiger partial charge in [0.15, 0.2) is 5.78 Å². The molecule has 2 aromatic rings. The van der Waals surface area contributed by atoms with Gasteiger partial charge >= 0.3 is 0 Å². The Labute approximate surface area is 136 Å². The highest BCUT2D eigenvalue weighted by atomic mass is 79.9. The second kappa shape index (κ2) is 5.70. The van der Waals surface area contributed by atoms with Crippen LogP contribution in [0.3, 0.4) is 0 Å². The van der Waals surface area contributed by atoms with Gasteiger partial charge in [0.1, 0.15) is 5.75 Å². The molecule has 3 rings (SSSR count). The first-order valence-electron chi connectivity index (χ1n) is 6.57. The van der Waals surface area contributed by atoms with Crippen molar-refractivity contribution in [2.75, 3.05) is 12.3 Å². The number of benzene rings is 2. The molecule has 0 saturated heterocycles. The van der Waals surface area contributed by atoms with E-state index in [2.05, 4.69) is 15.9 Å². The predicted octanol–water partition coefficient (Wildman–Crippen LogP) is 4.05. The van der Waals surface area contributed by atoms with Crippen LogP contribution >= 0.6 is 27.5 Å². The molecular weight excluding hydrogens is 354 g/mol. The molecule has 0 fully saturated rings. The fourth-order valence-corrected chi connectivity index (χ4v) is 3.19. The Hall–Kier alpha value is -1.52. The number of nitrogens with two attached hydrogens (primary N) is 1. The van der Waals surface area contributed by atoms with E-state index in [1.165, 1.54) is 0 Å². The quantitative estimate of drug-likeness (QED) is 0.659. The molecule has 0 bridgehead atoms. The maximum absolute atomic E-state index is 12.4. The van der Waals surface area contributed by atoms with Gasteiger partial charge in [0.05, 0.1) is 17.3 Å². The average Bonchev–Trinajstić information content (AvgIpc) is 2.90. The number of anilines is 1. The maximum Gasteiger partial charge on any atom is 0.167 e. The summed E-state index contributed by atoms with van der Waals surface area (Å²) in [5.41, 5.74) is 8.73. The Balaban J connectivity index is 1.90. The molecule has 2 N–H and O–H groups in total. The van der Waals surface area contributed by atoms with Crippen LogP contribution in [-0.2, 0) is 12.8 Å². The van der Waals surface area contributed by atoms with E-state index in [1.54, 1.807) is 18.2 Å². The molecule has 0 radical (unpaired) electrons. The molecule has 0 saturated carbocycles. The maximum atomic E-state index is 12.4. The van der Waals surface area contributed by atoms with E-state index < -0.39 is 0 Å². The lowest BCUT2D eigenvalue weighted by molar-refractivity contribution is 0.0992. The lowest BCUT2D eigenvalue weighted by atomic mass is 10.00. The van der Waals surface area contributed by atoms with Crippen molar-refractivity contribution >= 4 is 39.0 Å². The Morgan fingerprint density at radius 2 is 2.14 bits per heavy atom. The van der Waals surface area contributed by atoms with Gasteiger partial charge in [-0.3, -0.25) is 4.79 Å². The number of halogens is 2. The number of nitrogen functional groups attached to an aromatic ring is 1. The summed E-state index contributed by atoms with van der Waals surface area (Å²) in [5.74, 6) is 0.834. The van der Waals surface area contributed by atoms with Gasteiger partial charge in [-0.25, -0.2) is 0 Å². The molecule has 0 atom stereocenters. The SMILES string of the molecule is Nc1ccc(C(=O)Cc2cc(Br)cc3c2OCC3)cc1Cl. The second-order valence-electron chi connectivity index (χ2n) is 4.99. The first kappa shape index (κ1) is 14.4. The number of hydrogen-bond donors (Lipinski definition) is 1. The number of hydrogen-bond acceptors (Lipinski definition) is 3. The van der Waals surface area contributed by atoms with Gasteiger partial charge in [-0.05, 0) is 35.9 Å². The van der Waals surface area contributed by atoms with E-state index in [4.69, 9.17) is 22.1 Å². The van der Waals surface area contributed by atoms with E-state index in [1.807, 2.05) is 12.1 Å². The summed E-state index contributed by atoms with van der Waals surface area (Å²) in [5, 5.41) is 0.400. The van der Waals surface area contributed by atoms with Crippen molar-refractivity contribution in [3.63, 3.8) is 0 Å². The van der Waals surface area contributed by atoms with E-state index in [0.29, 0.717) is 22.9 Å². The Morgan fingerprint density at radius 3 is 2.90 bits per heavy atom. The van der Waals surface area contributed by atoms with Crippen LogP contribution in [0.2, 0.25) is 5.02 Å². The smallest absolute Gasteiger partial charge is 0.167 e. The minimum atomic E-state index is -0.00676. The Bertz CT molecular complexity index is 730. The normalized spacial score (nSPS) is 12.9. The zero-order valence-electron chi connectivity index (χ0n) is 11.2. The lowest BCUT2D eigenvalue weighted by Gasteiger charge is -2.09. The van der Waals surface area contributed by atoms with Crippen molar-refractivity contribution in [2.45, 2.75) is 12.8 Å². The fourth-order valence-electron chi connectivity index (χ4n) is 2.45. The summed E-state index contributed by atoms with van der Waals surface area (Å²) in [7, 11) is 0. The Morgan fingerprint density at radius 1 is 1.33 bits per heavy atom. The van der Waals surface area contributed by atoms with Gasteiger partial charge in [0.2, 0.25) is 0 Å². The van der Waals surface area contributed by atoms with Crippen LogP contribution in [0.15, 0.2) is 34.8 Å². The third-order valence-electron chi connectivity index (χ3n) is 3.50. The highest BCUT2D eigenvalue weighted by Gasteiger charge is 2.20. The molecule has 0 aromatic heterocycles. The van der Waals surface area contributed by atoms with Crippen LogP contribution < -0.4 is 10.5 Å². The summed E-state index contributed by atoms with van der Waals surface area (Å²) in [6.07, 6.45) is 1.16. The summed E-state index contributed by atoms with van der Waals surface area (Å²) in [6.45, 7) is 0.667. The number of carbonyl (C=O) groups excluding carboxylic acids is 1. The first-order chi connectivity index (χ1) is 10.0. The zero-order valence-corrected chi connectivity index (χ0v) is 13.5. The van der Waals surface area contributed by atoms with Gasteiger partial charge in [-0.15, -0.1) is 0 Å². The minimum Gasteiger partial charge on any atom is -0.493 e. The van der Waals surface area contributed by atoms with E-state index in [9.17, 15) is 4.79 Å². The molecule has 2 aromatic carbocycles. The molecule has 21 heavy (non-hydrogen) atoms. The van der Waals surface area contributed by atoms with Crippen LogP contribution in [0.4, 0.5) is 5.69 Å². The fraction of sp³-hybridized carbons (Fsp3) is 0.188. The summed E-state index contributed by atoms with van der Waals surface area (Å²) >= 11 is 9.45. The highest BCUT2D eigenvalue weighted by molar-refractivity contribution is 9.10. The van der Waals surface area contributed by atoms with Gasteiger partial charge in [-0.1, -0.05) is 27.5 Å². The van der Waals surface area contributed by atoms with Crippen LogP contribution in [0.5, 0.6) is 5.75 Å².